The molecule has 94 valence electrons. The van der Waals surface area contributed by atoms with E-state index in [1.165, 1.54) is 0 Å². The Hall–Kier alpha value is -1.75. The average molecular weight is 237 g/mol. The van der Waals surface area contributed by atoms with Gasteiger partial charge in [-0.15, -0.1) is 0 Å². The highest BCUT2D eigenvalue weighted by atomic mass is 16.3. The van der Waals surface area contributed by atoms with Crippen LogP contribution in [0.3, 0.4) is 0 Å². The highest BCUT2D eigenvalue weighted by Crippen LogP contribution is 2.19. The monoisotopic (exact) mass is 237 g/mol. The maximum Gasteiger partial charge on any atom is 0.251 e. The lowest BCUT2D eigenvalue weighted by atomic mass is 10.1. The summed E-state index contributed by atoms with van der Waals surface area (Å²) in [6.45, 7) is 4.52. The number of carbonyl (C=O) groups is 1. The molecule has 5 nitrogen and oxygen atoms in total. The number of hydrogen-bond acceptors (Lipinski definition) is 4. The Labute approximate surface area is 101 Å². The normalized spacial score (nSPS) is 11.9. The molecule has 17 heavy (non-hydrogen) atoms. The zero-order chi connectivity index (χ0) is 12.8. The topological polar surface area (TPSA) is 87.4 Å². The number of benzene rings is 1. The van der Waals surface area contributed by atoms with Gasteiger partial charge in [-0.25, -0.2) is 0 Å². The lowest BCUT2D eigenvalue weighted by molar-refractivity contribution is 0.0956. The molecule has 0 saturated heterocycles. The smallest absolute Gasteiger partial charge is 0.251 e. The summed E-state index contributed by atoms with van der Waals surface area (Å²) in [7, 11) is 0. The molecule has 0 aromatic heterocycles. The third kappa shape index (κ3) is 3.96. The minimum absolute atomic E-state index is 0.132. The molecule has 1 aromatic rings. The van der Waals surface area contributed by atoms with E-state index in [4.69, 9.17) is 5.73 Å². The van der Waals surface area contributed by atoms with Crippen molar-refractivity contribution in [3.8, 4) is 0 Å². The number of hydrogen-bond donors (Lipinski definition) is 4. The summed E-state index contributed by atoms with van der Waals surface area (Å²) in [6, 6.07) is 5.03. The zero-order valence-corrected chi connectivity index (χ0v) is 10.2. The van der Waals surface area contributed by atoms with E-state index < -0.39 is 6.10 Å². The molecule has 0 aliphatic heterocycles. The summed E-state index contributed by atoms with van der Waals surface area (Å²) in [5, 5.41) is 14.9. The minimum atomic E-state index is -0.470. The number of nitrogen functional groups attached to an aromatic ring is 1. The number of amides is 1. The van der Waals surface area contributed by atoms with E-state index in [1.807, 2.05) is 6.92 Å². The third-order valence-electron chi connectivity index (χ3n) is 2.24. The second-order valence-electron chi connectivity index (χ2n) is 3.89. The average Bonchev–Trinajstić information content (AvgIpc) is 2.28. The van der Waals surface area contributed by atoms with Gasteiger partial charge >= 0.3 is 0 Å². The van der Waals surface area contributed by atoms with Crippen LogP contribution >= 0.6 is 0 Å². The standard InChI is InChI=1S/C12H19N3O2/c1-3-14-12(17)9-4-5-10(13)11(6-9)15-7-8(2)16/h4-6,8,15-16H,3,7,13H2,1-2H3,(H,14,17). The molecule has 1 rings (SSSR count). The number of carbonyl (C=O) groups excluding carboxylic acids is 1. The van der Waals surface area contributed by atoms with Crippen LogP contribution < -0.4 is 16.4 Å². The van der Waals surface area contributed by atoms with Crippen molar-refractivity contribution in [3.05, 3.63) is 23.8 Å². The molecule has 1 aromatic carbocycles. The van der Waals surface area contributed by atoms with Crippen LogP contribution in [-0.4, -0.2) is 30.2 Å². The maximum atomic E-state index is 11.6. The molecule has 0 fully saturated rings. The van der Waals surface area contributed by atoms with Crippen LogP contribution in [0, 0.1) is 0 Å². The Morgan fingerprint density at radius 2 is 2.24 bits per heavy atom. The fourth-order valence-electron chi connectivity index (χ4n) is 1.37. The fraction of sp³-hybridized carbons (Fsp3) is 0.417. The summed E-state index contributed by atoms with van der Waals surface area (Å²) in [5.41, 5.74) is 7.54. The quantitative estimate of drug-likeness (QED) is 0.571. The predicted octanol–water partition coefficient (Wildman–Crippen LogP) is 0.811. The van der Waals surface area contributed by atoms with Crippen LogP contribution in [0.25, 0.3) is 0 Å². The van der Waals surface area contributed by atoms with E-state index in [0.717, 1.165) is 0 Å². The van der Waals surface area contributed by atoms with Crippen LogP contribution in [0.15, 0.2) is 18.2 Å². The van der Waals surface area contributed by atoms with E-state index in [-0.39, 0.29) is 5.91 Å². The fourth-order valence-corrected chi connectivity index (χ4v) is 1.37. The van der Waals surface area contributed by atoms with Gasteiger partial charge in [-0.3, -0.25) is 4.79 Å². The molecule has 5 N–H and O–H groups in total. The molecule has 1 atom stereocenters. The molecule has 0 heterocycles. The number of aliphatic hydroxyl groups is 1. The molecular weight excluding hydrogens is 218 g/mol. The highest BCUT2D eigenvalue weighted by Gasteiger charge is 2.07. The molecule has 0 spiro atoms. The number of nitrogens with one attached hydrogen (secondary N) is 2. The van der Waals surface area contributed by atoms with Crippen molar-refractivity contribution >= 4 is 17.3 Å². The van der Waals surface area contributed by atoms with Gasteiger partial charge in [-0.05, 0) is 32.0 Å². The van der Waals surface area contributed by atoms with E-state index in [9.17, 15) is 9.90 Å². The van der Waals surface area contributed by atoms with Gasteiger partial charge in [-0.2, -0.15) is 0 Å². The summed E-state index contributed by atoms with van der Waals surface area (Å²) >= 11 is 0. The summed E-state index contributed by atoms with van der Waals surface area (Å²) in [5.74, 6) is -0.132. The van der Waals surface area contributed by atoms with Gasteiger partial charge in [0.05, 0.1) is 17.5 Å². The van der Waals surface area contributed by atoms with Crippen LogP contribution in [0.1, 0.15) is 24.2 Å². The molecule has 0 bridgehead atoms. The van der Waals surface area contributed by atoms with Gasteiger partial charge in [0, 0.05) is 18.7 Å². The first-order valence-corrected chi connectivity index (χ1v) is 5.64. The van der Waals surface area contributed by atoms with Crippen LogP contribution in [0.4, 0.5) is 11.4 Å². The van der Waals surface area contributed by atoms with Crippen molar-refractivity contribution in [2.45, 2.75) is 20.0 Å². The summed E-state index contributed by atoms with van der Waals surface area (Å²) in [6.07, 6.45) is -0.470. The van der Waals surface area contributed by atoms with Crippen molar-refractivity contribution < 1.29 is 9.90 Å². The van der Waals surface area contributed by atoms with Crippen molar-refractivity contribution in [2.75, 3.05) is 24.1 Å². The van der Waals surface area contributed by atoms with Crippen molar-refractivity contribution in [3.63, 3.8) is 0 Å². The van der Waals surface area contributed by atoms with E-state index in [1.54, 1.807) is 25.1 Å². The summed E-state index contributed by atoms with van der Waals surface area (Å²) < 4.78 is 0. The van der Waals surface area contributed by atoms with E-state index in [2.05, 4.69) is 10.6 Å². The van der Waals surface area contributed by atoms with Gasteiger partial charge < -0.3 is 21.5 Å². The maximum absolute atomic E-state index is 11.6. The Balaban J connectivity index is 2.82. The lowest BCUT2D eigenvalue weighted by Crippen LogP contribution is -2.23. The summed E-state index contributed by atoms with van der Waals surface area (Å²) in [4.78, 5) is 11.6. The largest absolute Gasteiger partial charge is 0.397 e. The van der Waals surface area contributed by atoms with Crippen molar-refractivity contribution in [1.29, 1.82) is 0 Å². The number of rotatable bonds is 5. The Morgan fingerprint density at radius 3 is 2.82 bits per heavy atom. The van der Waals surface area contributed by atoms with Gasteiger partial charge in [-0.1, -0.05) is 0 Å². The Bertz CT molecular complexity index is 391. The van der Waals surface area contributed by atoms with Crippen molar-refractivity contribution in [2.24, 2.45) is 0 Å². The highest BCUT2D eigenvalue weighted by molar-refractivity contribution is 5.96. The van der Waals surface area contributed by atoms with Crippen LogP contribution in [-0.2, 0) is 0 Å². The Morgan fingerprint density at radius 1 is 1.53 bits per heavy atom. The Kier molecular flexibility index (Phi) is 4.78. The van der Waals surface area contributed by atoms with Crippen molar-refractivity contribution in [1.82, 2.24) is 5.32 Å². The first-order valence-electron chi connectivity index (χ1n) is 5.64. The molecule has 0 saturated carbocycles. The molecule has 0 aliphatic rings. The number of anilines is 2. The molecule has 1 unspecified atom stereocenters. The van der Waals surface area contributed by atoms with E-state index >= 15 is 0 Å². The van der Waals surface area contributed by atoms with Gasteiger partial charge in [0.25, 0.3) is 5.91 Å². The minimum Gasteiger partial charge on any atom is -0.397 e. The van der Waals surface area contributed by atoms with Crippen LogP contribution in [0.2, 0.25) is 0 Å². The first-order chi connectivity index (χ1) is 8.04. The molecule has 5 heteroatoms. The van der Waals surface area contributed by atoms with Gasteiger partial charge in [0.2, 0.25) is 0 Å². The lowest BCUT2D eigenvalue weighted by Gasteiger charge is -2.12. The third-order valence-corrected chi connectivity index (χ3v) is 2.24. The van der Waals surface area contributed by atoms with Gasteiger partial charge in [0.15, 0.2) is 0 Å². The van der Waals surface area contributed by atoms with Crippen LogP contribution in [0.5, 0.6) is 0 Å². The molecular formula is C12H19N3O2. The molecule has 1 amide bonds. The number of nitrogens with two attached hydrogens (primary N) is 1. The number of aliphatic hydroxyl groups excluding tert-OH is 1. The second-order valence-corrected chi connectivity index (χ2v) is 3.89. The first kappa shape index (κ1) is 13.3. The zero-order valence-electron chi connectivity index (χ0n) is 10.2. The van der Waals surface area contributed by atoms with E-state index in [0.29, 0.717) is 30.0 Å². The van der Waals surface area contributed by atoms with Gasteiger partial charge in [0.1, 0.15) is 0 Å². The molecule has 0 radical (unpaired) electrons. The predicted molar refractivity (Wildman–Crippen MR) is 69.0 cm³/mol. The molecule has 0 aliphatic carbocycles. The SMILES string of the molecule is CCNC(=O)c1ccc(N)c(NCC(C)O)c1. The second kappa shape index (κ2) is 6.10.